The zero-order valence-electron chi connectivity index (χ0n) is 7.17. The minimum absolute atomic E-state index is 0.0486. The molecule has 0 aromatic carbocycles. The Morgan fingerprint density at radius 1 is 1.55 bits per heavy atom. The number of carbonyl (C=O) groups excluding carboxylic acids is 1. The standard InChI is InChI=1S/C7H16N2O2/c1-7(10)9(4-3-8)5-6-11-2/h3-6,8H2,1-2H3. The molecule has 2 N–H and O–H groups in total. The molecule has 4 nitrogen and oxygen atoms in total. The van der Waals surface area contributed by atoms with Crippen LogP contribution in [-0.2, 0) is 9.53 Å². The van der Waals surface area contributed by atoms with Gasteiger partial charge in [-0.2, -0.15) is 0 Å². The van der Waals surface area contributed by atoms with Gasteiger partial charge in [-0.15, -0.1) is 0 Å². The van der Waals surface area contributed by atoms with E-state index in [0.29, 0.717) is 26.2 Å². The first kappa shape index (κ1) is 10.4. The Hall–Kier alpha value is -0.610. The number of methoxy groups -OCH3 is 1. The van der Waals surface area contributed by atoms with Crippen LogP contribution in [0.3, 0.4) is 0 Å². The number of rotatable bonds is 5. The van der Waals surface area contributed by atoms with Crippen LogP contribution >= 0.6 is 0 Å². The van der Waals surface area contributed by atoms with E-state index in [9.17, 15) is 4.79 Å². The van der Waals surface area contributed by atoms with Gasteiger partial charge in [-0.1, -0.05) is 0 Å². The van der Waals surface area contributed by atoms with Gasteiger partial charge in [0, 0.05) is 33.7 Å². The molecule has 66 valence electrons. The van der Waals surface area contributed by atoms with Crippen molar-refractivity contribution >= 4 is 5.91 Å². The molecule has 0 saturated heterocycles. The van der Waals surface area contributed by atoms with Crippen LogP contribution in [0.5, 0.6) is 0 Å². The van der Waals surface area contributed by atoms with Gasteiger partial charge in [0.2, 0.25) is 5.91 Å². The number of ether oxygens (including phenoxy) is 1. The zero-order chi connectivity index (χ0) is 8.69. The average molecular weight is 160 g/mol. The maximum absolute atomic E-state index is 10.9. The number of amides is 1. The number of nitrogens with two attached hydrogens (primary N) is 1. The highest BCUT2D eigenvalue weighted by Crippen LogP contribution is 1.87. The number of hydrogen-bond acceptors (Lipinski definition) is 3. The quantitative estimate of drug-likeness (QED) is 0.586. The van der Waals surface area contributed by atoms with Crippen LogP contribution in [0.25, 0.3) is 0 Å². The predicted molar refractivity (Wildman–Crippen MR) is 43.2 cm³/mol. The van der Waals surface area contributed by atoms with Crippen molar-refractivity contribution in [2.24, 2.45) is 5.73 Å². The molecule has 0 spiro atoms. The van der Waals surface area contributed by atoms with E-state index in [1.165, 1.54) is 6.92 Å². The lowest BCUT2D eigenvalue weighted by molar-refractivity contribution is -0.129. The third-order valence-electron chi connectivity index (χ3n) is 1.41. The average Bonchev–Trinajstić information content (AvgIpc) is 1.97. The Morgan fingerprint density at radius 3 is 2.55 bits per heavy atom. The fourth-order valence-corrected chi connectivity index (χ4v) is 0.784. The maximum Gasteiger partial charge on any atom is 0.219 e. The Labute approximate surface area is 67.3 Å². The van der Waals surface area contributed by atoms with Crippen molar-refractivity contribution in [1.29, 1.82) is 0 Å². The van der Waals surface area contributed by atoms with Crippen molar-refractivity contribution in [3.63, 3.8) is 0 Å². The normalized spacial score (nSPS) is 9.73. The fraction of sp³-hybridized carbons (Fsp3) is 0.857. The van der Waals surface area contributed by atoms with Crippen molar-refractivity contribution < 1.29 is 9.53 Å². The largest absolute Gasteiger partial charge is 0.383 e. The molecule has 11 heavy (non-hydrogen) atoms. The molecule has 0 aliphatic carbocycles. The monoisotopic (exact) mass is 160 g/mol. The number of carbonyl (C=O) groups is 1. The van der Waals surface area contributed by atoms with E-state index in [2.05, 4.69) is 0 Å². The molecule has 0 unspecified atom stereocenters. The Bertz CT molecular complexity index is 117. The lowest BCUT2D eigenvalue weighted by Crippen LogP contribution is -2.35. The van der Waals surface area contributed by atoms with E-state index in [0.717, 1.165) is 0 Å². The molecule has 0 heterocycles. The van der Waals surface area contributed by atoms with Gasteiger partial charge in [-0.25, -0.2) is 0 Å². The summed E-state index contributed by atoms with van der Waals surface area (Å²) >= 11 is 0. The summed E-state index contributed by atoms with van der Waals surface area (Å²) in [6, 6.07) is 0. The van der Waals surface area contributed by atoms with Crippen molar-refractivity contribution in [3.8, 4) is 0 Å². The lowest BCUT2D eigenvalue weighted by atomic mass is 10.4. The predicted octanol–water partition coefficient (Wildman–Crippen LogP) is -0.560. The molecular formula is C7H16N2O2. The number of hydrogen-bond donors (Lipinski definition) is 1. The molecule has 1 amide bonds. The molecule has 0 fully saturated rings. The molecule has 0 bridgehead atoms. The molecular weight excluding hydrogens is 144 g/mol. The van der Waals surface area contributed by atoms with Crippen LogP contribution in [0, 0.1) is 0 Å². The van der Waals surface area contributed by atoms with E-state index in [-0.39, 0.29) is 5.91 Å². The SMILES string of the molecule is COCCN(CCN)C(C)=O. The Balaban J connectivity index is 3.60. The van der Waals surface area contributed by atoms with E-state index in [1.807, 2.05) is 0 Å². The van der Waals surface area contributed by atoms with E-state index < -0.39 is 0 Å². The smallest absolute Gasteiger partial charge is 0.219 e. The first-order chi connectivity index (χ1) is 5.22. The molecule has 4 heteroatoms. The summed E-state index contributed by atoms with van der Waals surface area (Å²) in [7, 11) is 1.61. The molecule has 0 rings (SSSR count). The number of nitrogens with zero attached hydrogens (tertiary/aromatic N) is 1. The molecule has 0 aromatic rings. The minimum atomic E-state index is 0.0486. The summed E-state index contributed by atoms with van der Waals surface area (Å²) in [6.07, 6.45) is 0. The third kappa shape index (κ3) is 4.75. The highest BCUT2D eigenvalue weighted by molar-refractivity contribution is 5.73. The summed E-state index contributed by atoms with van der Waals surface area (Å²) < 4.78 is 4.83. The van der Waals surface area contributed by atoms with Gasteiger partial charge in [0.15, 0.2) is 0 Å². The first-order valence-electron chi connectivity index (χ1n) is 3.67. The minimum Gasteiger partial charge on any atom is -0.383 e. The van der Waals surface area contributed by atoms with Gasteiger partial charge in [0.25, 0.3) is 0 Å². The highest BCUT2D eigenvalue weighted by atomic mass is 16.5. The molecule has 0 aliphatic heterocycles. The maximum atomic E-state index is 10.9. The van der Waals surface area contributed by atoms with Crippen molar-refractivity contribution in [2.45, 2.75) is 6.92 Å². The van der Waals surface area contributed by atoms with Crippen LogP contribution in [0.2, 0.25) is 0 Å². The summed E-state index contributed by atoms with van der Waals surface area (Å²) in [6.45, 7) is 3.84. The van der Waals surface area contributed by atoms with Gasteiger partial charge < -0.3 is 15.4 Å². The highest BCUT2D eigenvalue weighted by Gasteiger charge is 2.05. The van der Waals surface area contributed by atoms with Gasteiger partial charge in [0.1, 0.15) is 0 Å². The van der Waals surface area contributed by atoms with Crippen LogP contribution in [-0.4, -0.2) is 44.2 Å². The second kappa shape index (κ2) is 6.12. The molecule has 0 saturated carbocycles. The van der Waals surface area contributed by atoms with Gasteiger partial charge in [0.05, 0.1) is 6.61 Å². The summed E-state index contributed by atoms with van der Waals surface area (Å²) in [5.41, 5.74) is 5.30. The van der Waals surface area contributed by atoms with Crippen LogP contribution in [0.1, 0.15) is 6.92 Å². The van der Waals surface area contributed by atoms with Crippen LogP contribution in [0.4, 0.5) is 0 Å². The van der Waals surface area contributed by atoms with Crippen molar-refractivity contribution in [1.82, 2.24) is 4.90 Å². The van der Waals surface area contributed by atoms with Gasteiger partial charge in [-0.3, -0.25) is 4.79 Å². The fourth-order valence-electron chi connectivity index (χ4n) is 0.784. The topological polar surface area (TPSA) is 55.6 Å². The first-order valence-corrected chi connectivity index (χ1v) is 3.67. The Morgan fingerprint density at radius 2 is 2.18 bits per heavy atom. The van der Waals surface area contributed by atoms with Crippen LogP contribution in [0.15, 0.2) is 0 Å². The zero-order valence-corrected chi connectivity index (χ0v) is 7.17. The third-order valence-corrected chi connectivity index (χ3v) is 1.41. The second-order valence-electron chi connectivity index (χ2n) is 2.29. The van der Waals surface area contributed by atoms with Crippen molar-refractivity contribution in [2.75, 3.05) is 33.4 Å². The molecule has 0 atom stereocenters. The molecule has 0 aliphatic rings. The molecule has 0 radical (unpaired) electrons. The Kier molecular flexibility index (Phi) is 5.78. The lowest BCUT2D eigenvalue weighted by Gasteiger charge is -2.19. The van der Waals surface area contributed by atoms with E-state index in [1.54, 1.807) is 12.0 Å². The van der Waals surface area contributed by atoms with Gasteiger partial charge >= 0.3 is 0 Å². The van der Waals surface area contributed by atoms with Gasteiger partial charge in [-0.05, 0) is 0 Å². The summed E-state index contributed by atoms with van der Waals surface area (Å²) in [4.78, 5) is 12.5. The van der Waals surface area contributed by atoms with Crippen molar-refractivity contribution in [3.05, 3.63) is 0 Å². The second-order valence-corrected chi connectivity index (χ2v) is 2.29. The summed E-state index contributed by atoms with van der Waals surface area (Å²) in [5.74, 6) is 0.0486. The van der Waals surface area contributed by atoms with E-state index in [4.69, 9.17) is 10.5 Å². The van der Waals surface area contributed by atoms with E-state index >= 15 is 0 Å². The summed E-state index contributed by atoms with van der Waals surface area (Å²) in [5, 5.41) is 0. The molecule has 0 aromatic heterocycles. The van der Waals surface area contributed by atoms with Crippen LogP contribution < -0.4 is 5.73 Å².